The van der Waals surface area contributed by atoms with Crippen LogP contribution in [-0.2, 0) is 0 Å². The van der Waals surface area contributed by atoms with Gasteiger partial charge in [-0.15, -0.1) is 0 Å². The monoisotopic (exact) mass is 280 g/mol. The zero-order valence-corrected chi connectivity index (χ0v) is 10.3. The number of hydrogen-bond donors (Lipinski definition) is 0. The van der Waals surface area contributed by atoms with Crippen molar-refractivity contribution in [3.8, 4) is 0 Å². The molecule has 1 fully saturated rings. The summed E-state index contributed by atoms with van der Waals surface area (Å²) in [5.74, 6) is 0. The van der Waals surface area contributed by atoms with Crippen LogP contribution in [0.4, 0.5) is 0 Å². The first-order valence-electron chi connectivity index (χ1n) is 4.04. The summed E-state index contributed by atoms with van der Waals surface area (Å²) in [6, 6.07) is 0. The molecule has 1 aliphatic carbocycles. The summed E-state index contributed by atoms with van der Waals surface area (Å²) >= 11 is 6.94. The molecule has 0 atom stereocenters. The summed E-state index contributed by atoms with van der Waals surface area (Å²) in [5.41, 5.74) is 2.11. The molecular weight excluding hydrogens is 268 g/mol. The van der Waals surface area contributed by atoms with Crippen molar-refractivity contribution in [2.24, 2.45) is 5.41 Å². The quantitative estimate of drug-likeness (QED) is 0.609. The van der Waals surface area contributed by atoms with Crippen LogP contribution < -0.4 is 0 Å². The Labute approximate surface area is 85.7 Å². The predicted molar refractivity (Wildman–Crippen MR) is 57.1 cm³/mol. The number of allylic oxidation sites excluding steroid dienone is 1. The van der Waals surface area contributed by atoms with Crippen LogP contribution in [0.15, 0.2) is 8.96 Å². The van der Waals surface area contributed by atoms with Crippen LogP contribution in [0.5, 0.6) is 0 Å². The fourth-order valence-corrected chi connectivity index (χ4v) is 2.21. The van der Waals surface area contributed by atoms with E-state index in [-0.39, 0.29) is 0 Å². The minimum Gasteiger partial charge on any atom is -0.0599 e. The second-order valence-corrected chi connectivity index (χ2v) is 6.68. The van der Waals surface area contributed by atoms with Crippen LogP contribution in [0, 0.1) is 5.41 Å². The fraction of sp³-hybridized carbons (Fsp3) is 0.778. The third-order valence-corrected chi connectivity index (χ3v) is 3.60. The van der Waals surface area contributed by atoms with Gasteiger partial charge in [0.25, 0.3) is 0 Å². The third kappa shape index (κ3) is 2.90. The van der Waals surface area contributed by atoms with Gasteiger partial charge in [-0.25, -0.2) is 0 Å². The molecule has 0 saturated heterocycles. The molecule has 0 N–H and O–H groups in total. The van der Waals surface area contributed by atoms with Gasteiger partial charge >= 0.3 is 0 Å². The summed E-state index contributed by atoms with van der Waals surface area (Å²) in [5, 5.41) is 0. The van der Waals surface area contributed by atoms with Crippen molar-refractivity contribution in [2.45, 2.75) is 39.5 Å². The van der Waals surface area contributed by atoms with Crippen LogP contribution in [-0.4, -0.2) is 0 Å². The second-order valence-electron chi connectivity index (χ2n) is 4.03. The Morgan fingerprint density at radius 1 is 1.18 bits per heavy atom. The van der Waals surface area contributed by atoms with Crippen LogP contribution in [0.1, 0.15) is 39.5 Å². The molecule has 0 amide bonds. The molecule has 1 saturated carbocycles. The number of hydrogen-bond acceptors (Lipinski definition) is 0. The van der Waals surface area contributed by atoms with E-state index in [2.05, 4.69) is 45.7 Å². The van der Waals surface area contributed by atoms with Crippen LogP contribution >= 0.6 is 31.9 Å². The van der Waals surface area contributed by atoms with Crippen molar-refractivity contribution in [3.63, 3.8) is 0 Å². The molecule has 0 heterocycles. The van der Waals surface area contributed by atoms with Gasteiger partial charge in [0.1, 0.15) is 0 Å². The topological polar surface area (TPSA) is 0 Å². The highest BCUT2D eigenvalue weighted by Gasteiger charge is 2.23. The molecule has 0 bridgehead atoms. The minimum atomic E-state index is 0.568. The first-order chi connectivity index (χ1) is 5.01. The van der Waals surface area contributed by atoms with Crippen LogP contribution in [0.3, 0.4) is 0 Å². The normalized spacial score (nSPS) is 23.5. The zero-order chi connectivity index (χ0) is 8.48. The standard InChI is InChI=1S/C9H14Br2/c1-9(2)5-3-7(4-6-9)8(10)11/h3-6H2,1-2H3. The van der Waals surface area contributed by atoms with Crippen molar-refractivity contribution in [2.75, 3.05) is 0 Å². The lowest BCUT2D eigenvalue weighted by atomic mass is 9.76. The lowest BCUT2D eigenvalue weighted by Crippen LogP contribution is -2.16. The molecule has 1 aliphatic rings. The summed E-state index contributed by atoms with van der Waals surface area (Å²) in [7, 11) is 0. The van der Waals surface area contributed by atoms with Gasteiger partial charge in [-0.1, -0.05) is 13.8 Å². The van der Waals surface area contributed by atoms with Gasteiger partial charge < -0.3 is 0 Å². The van der Waals surface area contributed by atoms with E-state index < -0.39 is 0 Å². The molecule has 0 aromatic carbocycles. The molecule has 0 aromatic heterocycles. The Bertz CT molecular complexity index is 164. The van der Waals surface area contributed by atoms with E-state index in [4.69, 9.17) is 0 Å². The Morgan fingerprint density at radius 2 is 1.64 bits per heavy atom. The van der Waals surface area contributed by atoms with E-state index in [1.165, 1.54) is 29.1 Å². The molecule has 0 aliphatic heterocycles. The van der Waals surface area contributed by atoms with Crippen LogP contribution in [0.25, 0.3) is 0 Å². The summed E-state index contributed by atoms with van der Waals surface area (Å²) in [4.78, 5) is 0. The first-order valence-corrected chi connectivity index (χ1v) is 5.63. The minimum absolute atomic E-state index is 0.568. The van der Waals surface area contributed by atoms with Crippen molar-refractivity contribution in [3.05, 3.63) is 8.96 Å². The molecular formula is C9H14Br2. The van der Waals surface area contributed by atoms with Gasteiger partial charge in [0.15, 0.2) is 0 Å². The smallest absolute Gasteiger partial charge is 0.0596 e. The molecule has 1 rings (SSSR count). The highest BCUT2D eigenvalue weighted by Crippen LogP contribution is 2.40. The maximum atomic E-state index is 3.47. The average Bonchev–Trinajstić information content (AvgIpc) is 1.86. The molecule has 11 heavy (non-hydrogen) atoms. The molecule has 0 radical (unpaired) electrons. The summed E-state index contributed by atoms with van der Waals surface area (Å²) in [6.07, 6.45) is 5.14. The average molecular weight is 282 g/mol. The Kier molecular flexibility index (Phi) is 3.21. The fourth-order valence-electron chi connectivity index (χ4n) is 1.42. The molecule has 0 unspecified atom stereocenters. The molecule has 64 valence electrons. The van der Waals surface area contributed by atoms with Crippen LogP contribution in [0.2, 0.25) is 0 Å². The highest BCUT2D eigenvalue weighted by atomic mass is 79.9. The third-order valence-electron chi connectivity index (χ3n) is 2.47. The van der Waals surface area contributed by atoms with Crippen molar-refractivity contribution >= 4 is 31.9 Å². The second kappa shape index (κ2) is 3.61. The van der Waals surface area contributed by atoms with Gasteiger partial charge in [0.05, 0.1) is 3.39 Å². The molecule has 0 spiro atoms. The number of rotatable bonds is 0. The molecule has 2 heteroatoms. The van der Waals surface area contributed by atoms with E-state index >= 15 is 0 Å². The van der Waals surface area contributed by atoms with E-state index in [9.17, 15) is 0 Å². The molecule has 0 aromatic rings. The van der Waals surface area contributed by atoms with Gasteiger partial charge in [-0.05, 0) is 68.5 Å². The van der Waals surface area contributed by atoms with Gasteiger partial charge in [0, 0.05) is 0 Å². The first kappa shape index (κ1) is 9.79. The highest BCUT2D eigenvalue weighted by molar-refractivity contribution is 9.28. The summed E-state index contributed by atoms with van der Waals surface area (Å²) in [6.45, 7) is 4.71. The Hall–Kier alpha value is 0.700. The lowest BCUT2D eigenvalue weighted by Gasteiger charge is -2.30. The predicted octanol–water partition coefficient (Wildman–Crippen LogP) is 4.59. The van der Waals surface area contributed by atoms with Gasteiger partial charge in [-0.2, -0.15) is 0 Å². The largest absolute Gasteiger partial charge is 0.0599 e. The van der Waals surface area contributed by atoms with E-state index in [1.807, 2.05) is 0 Å². The van der Waals surface area contributed by atoms with Gasteiger partial charge in [-0.3, -0.25) is 0 Å². The van der Waals surface area contributed by atoms with Crippen molar-refractivity contribution in [1.29, 1.82) is 0 Å². The Balaban J connectivity index is 2.56. The van der Waals surface area contributed by atoms with E-state index in [0.717, 1.165) is 0 Å². The summed E-state index contributed by atoms with van der Waals surface area (Å²) < 4.78 is 1.18. The zero-order valence-electron chi connectivity index (χ0n) is 7.08. The SMILES string of the molecule is CC1(C)CCC(=C(Br)Br)CC1. The van der Waals surface area contributed by atoms with Crippen molar-refractivity contribution < 1.29 is 0 Å². The van der Waals surface area contributed by atoms with E-state index in [0.29, 0.717) is 5.41 Å². The van der Waals surface area contributed by atoms with Crippen molar-refractivity contribution in [1.82, 2.24) is 0 Å². The Morgan fingerprint density at radius 3 is 2.00 bits per heavy atom. The maximum absolute atomic E-state index is 3.47. The molecule has 0 nitrogen and oxygen atoms in total. The maximum Gasteiger partial charge on any atom is 0.0596 e. The van der Waals surface area contributed by atoms with Gasteiger partial charge in [0.2, 0.25) is 0 Å². The number of halogens is 2. The van der Waals surface area contributed by atoms with E-state index in [1.54, 1.807) is 5.57 Å². The lowest BCUT2D eigenvalue weighted by molar-refractivity contribution is 0.278.